The molecule has 1 rings (SSSR count). The molecule has 5 nitrogen and oxygen atoms in total. The summed E-state index contributed by atoms with van der Waals surface area (Å²) in [5, 5.41) is 0. The second-order valence-corrected chi connectivity index (χ2v) is 4.80. The summed E-state index contributed by atoms with van der Waals surface area (Å²) < 4.78 is 23.6. The van der Waals surface area contributed by atoms with Crippen molar-refractivity contribution in [2.45, 2.75) is 62.3 Å². The molecule has 0 spiro atoms. The van der Waals surface area contributed by atoms with Crippen molar-refractivity contribution in [1.82, 2.24) is 9.71 Å². The van der Waals surface area contributed by atoms with Gasteiger partial charge in [0.05, 0.1) is 17.5 Å². The van der Waals surface area contributed by atoms with Crippen LogP contribution >= 0.6 is 0 Å². The van der Waals surface area contributed by atoms with E-state index in [0.29, 0.717) is 17.7 Å². The molecule has 23 heavy (non-hydrogen) atoms. The SMILES string of the molecule is C.CC.CC.CC.CCc1ncccc1C(=O)NS(C)(=O)=O.[B]. The number of nitrogens with zero attached hydrogens (tertiary/aromatic N) is 1. The van der Waals surface area contributed by atoms with Gasteiger partial charge in [-0.15, -0.1) is 0 Å². The first-order valence-electron chi connectivity index (χ1n) is 7.40. The van der Waals surface area contributed by atoms with Gasteiger partial charge in [-0.2, -0.15) is 0 Å². The van der Waals surface area contributed by atoms with Gasteiger partial charge in [0.25, 0.3) is 5.91 Å². The molecule has 0 aliphatic rings. The zero-order valence-corrected chi connectivity index (χ0v) is 15.9. The highest BCUT2D eigenvalue weighted by Gasteiger charge is 2.14. The minimum absolute atomic E-state index is 0. The zero-order valence-electron chi connectivity index (χ0n) is 15.1. The largest absolute Gasteiger partial charge is 0.268 e. The van der Waals surface area contributed by atoms with E-state index in [1.807, 2.05) is 53.2 Å². The van der Waals surface area contributed by atoms with E-state index in [4.69, 9.17) is 0 Å². The Morgan fingerprint density at radius 3 is 1.91 bits per heavy atom. The molecule has 7 heteroatoms. The Kier molecular flexibility index (Phi) is 29.9. The Bertz CT molecular complexity index is 478. The number of rotatable bonds is 3. The van der Waals surface area contributed by atoms with Crippen LogP contribution in [0.15, 0.2) is 18.3 Å². The number of amides is 1. The Balaban J connectivity index is -0.000000121. The van der Waals surface area contributed by atoms with Crippen molar-refractivity contribution >= 4 is 24.3 Å². The first-order valence-corrected chi connectivity index (χ1v) is 9.29. The minimum Gasteiger partial charge on any atom is -0.268 e. The van der Waals surface area contributed by atoms with Crippen LogP contribution < -0.4 is 4.72 Å². The van der Waals surface area contributed by atoms with Gasteiger partial charge < -0.3 is 0 Å². The van der Waals surface area contributed by atoms with Crippen molar-refractivity contribution in [3.63, 3.8) is 0 Å². The van der Waals surface area contributed by atoms with Gasteiger partial charge in [0.2, 0.25) is 10.0 Å². The number of hydrogen-bond acceptors (Lipinski definition) is 4. The first kappa shape index (κ1) is 33.3. The summed E-state index contributed by atoms with van der Waals surface area (Å²) in [5.41, 5.74) is 0.879. The molecule has 1 amide bonds. The van der Waals surface area contributed by atoms with Crippen LogP contribution in [0.1, 0.15) is 71.9 Å². The molecule has 0 atom stereocenters. The zero-order chi connectivity index (χ0) is 17.5. The van der Waals surface area contributed by atoms with Gasteiger partial charge in [0.15, 0.2) is 0 Å². The van der Waals surface area contributed by atoms with Crippen molar-refractivity contribution < 1.29 is 13.2 Å². The number of sulfonamides is 1. The lowest BCUT2D eigenvalue weighted by Crippen LogP contribution is -2.30. The number of aromatic nitrogens is 1. The summed E-state index contributed by atoms with van der Waals surface area (Å²) in [6, 6.07) is 3.14. The van der Waals surface area contributed by atoms with Crippen LogP contribution in [0, 0.1) is 0 Å². The third-order valence-corrected chi connectivity index (χ3v) is 2.30. The maximum Gasteiger partial charge on any atom is 0.266 e. The molecule has 0 saturated carbocycles. The quantitative estimate of drug-likeness (QED) is 0.848. The van der Waals surface area contributed by atoms with E-state index >= 15 is 0 Å². The lowest BCUT2D eigenvalue weighted by Gasteiger charge is -2.05. The first-order chi connectivity index (χ1) is 9.94. The molecule has 1 aromatic heterocycles. The van der Waals surface area contributed by atoms with Crippen molar-refractivity contribution in [3.05, 3.63) is 29.6 Å². The average Bonchev–Trinajstić information content (AvgIpc) is 2.51. The maximum atomic E-state index is 11.5. The summed E-state index contributed by atoms with van der Waals surface area (Å²) in [5.74, 6) is -0.637. The van der Waals surface area contributed by atoms with Gasteiger partial charge in [-0.3, -0.25) is 9.78 Å². The molecular weight excluding hydrogens is 311 g/mol. The summed E-state index contributed by atoms with van der Waals surface area (Å²) in [4.78, 5) is 15.5. The molecule has 0 aliphatic carbocycles. The smallest absolute Gasteiger partial charge is 0.266 e. The van der Waals surface area contributed by atoms with Crippen molar-refractivity contribution in [2.75, 3.05) is 6.26 Å². The lowest BCUT2D eigenvalue weighted by atomic mass is 10.1. The molecule has 0 unspecified atom stereocenters. The van der Waals surface area contributed by atoms with Crippen LogP contribution in [-0.2, 0) is 16.4 Å². The van der Waals surface area contributed by atoms with Crippen LogP contribution in [0.3, 0.4) is 0 Å². The number of carbonyl (C=O) groups excluding carboxylic acids is 1. The normalized spacial score (nSPS) is 8.00. The molecule has 0 aromatic carbocycles. The Hall–Kier alpha value is -1.37. The minimum atomic E-state index is -3.52. The molecule has 1 N–H and O–H groups in total. The second kappa shape index (κ2) is 20.6. The number of pyridine rings is 1. The van der Waals surface area contributed by atoms with E-state index in [1.54, 1.807) is 18.3 Å². The van der Waals surface area contributed by atoms with Gasteiger partial charge in [-0.25, -0.2) is 13.1 Å². The van der Waals surface area contributed by atoms with Gasteiger partial charge >= 0.3 is 0 Å². The highest BCUT2D eigenvalue weighted by molar-refractivity contribution is 7.89. The van der Waals surface area contributed by atoms with Crippen molar-refractivity contribution in [1.29, 1.82) is 0 Å². The fraction of sp³-hybridized carbons (Fsp3) is 0.625. The lowest BCUT2D eigenvalue weighted by molar-refractivity contribution is 0.0980. The summed E-state index contributed by atoms with van der Waals surface area (Å²) in [6.07, 6.45) is 3.08. The summed E-state index contributed by atoms with van der Waals surface area (Å²) in [6.45, 7) is 13.8. The number of hydrogen-bond donors (Lipinski definition) is 1. The van der Waals surface area contributed by atoms with Gasteiger partial charge in [0, 0.05) is 14.6 Å². The van der Waals surface area contributed by atoms with Crippen molar-refractivity contribution in [2.24, 2.45) is 0 Å². The van der Waals surface area contributed by atoms with Gasteiger partial charge in [0.1, 0.15) is 0 Å². The molecule has 1 aromatic rings. The molecule has 0 aliphatic heterocycles. The number of nitrogens with one attached hydrogen (secondary N) is 1. The van der Waals surface area contributed by atoms with Crippen LogP contribution in [0.2, 0.25) is 0 Å². The topological polar surface area (TPSA) is 76.1 Å². The van der Waals surface area contributed by atoms with E-state index < -0.39 is 15.9 Å². The van der Waals surface area contributed by atoms with Gasteiger partial charge in [-0.1, -0.05) is 55.9 Å². The predicted octanol–water partition coefficient (Wildman–Crippen LogP) is 3.67. The van der Waals surface area contributed by atoms with E-state index in [0.717, 1.165) is 6.26 Å². The summed E-state index contributed by atoms with van der Waals surface area (Å²) >= 11 is 0. The molecule has 135 valence electrons. The van der Waals surface area contributed by atoms with E-state index in [9.17, 15) is 13.2 Å². The van der Waals surface area contributed by atoms with Crippen LogP contribution in [-0.4, -0.2) is 34.0 Å². The maximum absolute atomic E-state index is 11.5. The van der Waals surface area contributed by atoms with Crippen LogP contribution in [0.4, 0.5) is 0 Å². The Labute approximate surface area is 145 Å². The second-order valence-electron chi connectivity index (χ2n) is 3.05. The molecule has 3 radical (unpaired) electrons. The van der Waals surface area contributed by atoms with E-state index in [2.05, 4.69) is 4.98 Å². The molecule has 0 bridgehead atoms. The van der Waals surface area contributed by atoms with Crippen LogP contribution in [0.5, 0.6) is 0 Å². The predicted molar refractivity (Wildman–Crippen MR) is 102 cm³/mol. The molecule has 1 heterocycles. The number of carbonyl (C=O) groups is 1. The number of aryl methyl sites for hydroxylation is 1. The highest BCUT2D eigenvalue weighted by atomic mass is 32.2. The highest BCUT2D eigenvalue weighted by Crippen LogP contribution is 2.06. The average molecular weight is 345 g/mol. The molecular formula is C16H34BN2O3S. The fourth-order valence-corrected chi connectivity index (χ4v) is 1.60. The van der Waals surface area contributed by atoms with Crippen LogP contribution in [0.25, 0.3) is 0 Å². The van der Waals surface area contributed by atoms with E-state index in [-0.39, 0.29) is 15.8 Å². The van der Waals surface area contributed by atoms with E-state index in [1.165, 1.54) is 0 Å². The monoisotopic (exact) mass is 345 g/mol. The standard InChI is InChI=1S/C9H12N2O3S.3C2H6.CH4.B/c1-3-8-7(5-4-6-10-8)9(12)11-15(2,13)14;3*1-2;;/h4-6H,3H2,1-2H3,(H,11,12);3*1-2H3;1H4;. The third-order valence-electron chi connectivity index (χ3n) is 1.75. The Morgan fingerprint density at radius 2 is 1.57 bits per heavy atom. The molecule has 0 fully saturated rings. The molecule has 0 saturated heterocycles. The fourth-order valence-electron chi connectivity index (χ4n) is 1.15. The van der Waals surface area contributed by atoms with Gasteiger partial charge in [-0.05, 0) is 18.6 Å². The van der Waals surface area contributed by atoms with Crippen molar-refractivity contribution in [3.8, 4) is 0 Å². The third kappa shape index (κ3) is 16.8. The summed E-state index contributed by atoms with van der Waals surface area (Å²) in [7, 11) is -3.52. The Morgan fingerprint density at radius 1 is 1.13 bits per heavy atom.